The van der Waals surface area contributed by atoms with E-state index < -0.39 is 0 Å². The maximum absolute atomic E-state index is 13.8. The number of carbonyl (C=O) groups excluding carboxylic acids is 1. The highest BCUT2D eigenvalue weighted by Gasteiger charge is 2.57. The van der Waals surface area contributed by atoms with Crippen molar-refractivity contribution in [2.45, 2.75) is 59.3 Å². The summed E-state index contributed by atoms with van der Waals surface area (Å²) >= 11 is 0. The van der Waals surface area contributed by atoms with Crippen molar-refractivity contribution < 1.29 is 9.18 Å². The Kier molecular flexibility index (Phi) is 4.27. The Balaban J connectivity index is 1.49. The van der Waals surface area contributed by atoms with Gasteiger partial charge in [-0.3, -0.25) is 9.78 Å². The van der Waals surface area contributed by atoms with Crippen LogP contribution in [0.25, 0.3) is 5.57 Å². The predicted octanol–water partition coefficient (Wildman–Crippen LogP) is 5.59. The van der Waals surface area contributed by atoms with Crippen molar-refractivity contribution in [1.82, 2.24) is 9.88 Å². The minimum atomic E-state index is -0.256. The van der Waals surface area contributed by atoms with E-state index in [2.05, 4.69) is 37.9 Å². The number of carbonyl (C=O) groups is 1. The number of amides is 1. The Labute approximate surface area is 173 Å². The molecule has 0 aromatic carbocycles. The summed E-state index contributed by atoms with van der Waals surface area (Å²) in [6.07, 6.45) is 13.9. The highest BCUT2D eigenvalue weighted by Crippen LogP contribution is 2.66. The first-order valence-electron chi connectivity index (χ1n) is 11.2. The normalized spacial score (nSPS) is 38.7. The average Bonchev–Trinajstić information content (AvgIpc) is 3.06. The number of nitrogens with zero attached hydrogens (tertiary/aromatic N) is 2. The number of allylic oxidation sites excluding steroid dienone is 4. The van der Waals surface area contributed by atoms with Crippen LogP contribution < -0.4 is 0 Å². The van der Waals surface area contributed by atoms with Gasteiger partial charge in [0, 0.05) is 30.3 Å². The highest BCUT2D eigenvalue weighted by atomic mass is 19.1. The summed E-state index contributed by atoms with van der Waals surface area (Å²) in [6.45, 7) is 7.67. The molecule has 0 unspecified atom stereocenters. The molecule has 4 aliphatic rings. The molecule has 29 heavy (non-hydrogen) atoms. The molecule has 4 heteroatoms. The van der Waals surface area contributed by atoms with Crippen molar-refractivity contribution >= 4 is 11.5 Å². The average molecular weight is 395 g/mol. The molecule has 1 aromatic rings. The number of hydrogen-bond acceptors (Lipinski definition) is 2. The summed E-state index contributed by atoms with van der Waals surface area (Å²) in [7, 11) is 0. The van der Waals surface area contributed by atoms with Crippen LogP contribution in [-0.2, 0) is 4.79 Å². The second-order valence-corrected chi connectivity index (χ2v) is 9.96. The van der Waals surface area contributed by atoms with Crippen molar-refractivity contribution in [1.29, 1.82) is 0 Å². The van der Waals surface area contributed by atoms with Gasteiger partial charge in [0.1, 0.15) is 5.82 Å². The fourth-order valence-corrected chi connectivity index (χ4v) is 7.37. The maximum atomic E-state index is 13.8. The van der Waals surface area contributed by atoms with Crippen LogP contribution in [0.4, 0.5) is 4.39 Å². The molecule has 3 nitrogen and oxygen atoms in total. The van der Waals surface area contributed by atoms with E-state index in [-0.39, 0.29) is 16.6 Å². The van der Waals surface area contributed by atoms with Gasteiger partial charge < -0.3 is 4.90 Å². The quantitative estimate of drug-likeness (QED) is 0.655. The summed E-state index contributed by atoms with van der Waals surface area (Å²) in [5.41, 5.74) is 3.74. The van der Waals surface area contributed by atoms with Crippen molar-refractivity contribution in [3.05, 3.63) is 47.7 Å². The summed E-state index contributed by atoms with van der Waals surface area (Å²) in [5.74, 6) is 1.87. The van der Waals surface area contributed by atoms with E-state index in [9.17, 15) is 9.18 Å². The molecule has 1 saturated heterocycles. The van der Waals surface area contributed by atoms with Crippen LogP contribution in [0.5, 0.6) is 0 Å². The molecule has 1 aromatic heterocycles. The zero-order valence-corrected chi connectivity index (χ0v) is 17.7. The maximum Gasteiger partial charge on any atom is 0.226 e. The second-order valence-electron chi connectivity index (χ2n) is 9.96. The molecular weight excluding hydrogens is 363 g/mol. The topological polar surface area (TPSA) is 33.2 Å². The van der Waals surface area contributed by atoms with Crippen LogP contribution in [0.3, 0.4) is 0 Å². The predicted molar refractivity (Wildman–Crippen MR) is 112 cm³/mol. The Morgan fingerprint density at radius 1 is 1.14 bits per heavy atom. The van der Waals surface area contributed by atoms with Gasteiger partial charge in [-0.2, -0.15) is 0 Å². The summed E-state index contributed by atoms with van der Waals surface area (Å²) < 4.78 is 13.8. The SMILES string of the molecule is CCN1C(=O)CC[C@@]2(C)C1=CC[C@@H]1[C@@H]2CC[C@]2(C)C(c3cncc(F)c3)=CC[C@@H]12. The van der Waals surface area contributed by atoms with Gasteiger partial charge in [-0.25, -0.2) is 4.39 Å². The zero-order valence-electron chi connectivity index (χ0n) is 17.7. The summed E-state index contributed by atoms with van der Waals surface area (Å²) in [4.78, 5) is 18.6. The fraction of sp³-hybridized carbons (Fsp3) is 0.600. The van der Waals surface area contributed by atoms with Gasteiger partial charge in [-0.15, -0.1) is 0 Å². The molecular formula is C25H31FN2O. The highest BCUT2D eigenvalue weighted by molar-refractivity contribution is 5.80. The van der Waals surface area contributed by atoms with Gasteiger partial charge in [0.25, 0.3) is 0 Å². The van der Waals surface area contributed by atoms with Crippen LogP contribution in [0.15, 0.2) is 36.3 Å². The van der Waals surface area contributed by atoms with Crippen LogP contribution >= 0.6 is 0 Å². The Morgan fingerprint density at radius 3 is 2.72 bits per heavy atom. The molecule has 5 atom stereocenters. The number of likely N-dealkylation sites (tertiary alicyclic amines) is 1. The molecule has 0 radical (unpaired) electrons. The first-order chi connectivity index (χ1) is 13.9. The monoisotopic (exact) mass is 394 g/mol. The van der Waals surface area contributed by atoms with Crippen LogP contribution in [-0.4, -0.2) is 22.3 Å². The third-order valence-corrected chi connectivity index (χ3v) is 8.79. The molecule has 154 valence electrons. The van der Waals surface area contributed by atoms with Crippen LogP contribution in [0.1, 0.15) is 64.9 Å². The summed E-state index contributed by atoms with van der Waals surface area (Å²) in [5, 5.41) is 0. The van der Waals surface area contributed by atoms with Gasteiger partial charge in [0.2, 0.25) is 5.91 Å². The molecule has 1 saturated carbocycles. The van der Waals surface area contributed by atoms with E-state index in [1.165, 1.54) is 23.9 Å². The van der Waals surface area contributed by atoms with E-state index >= 15 is 0 Å². The van der Waals surface area contributed by atoms with Crippen molar-refractivity contribution in [3.8, 4) is 0 Å². The molecule has 2 fully saturated rings. The fourth-order valence-electron chi connectivity index (χ4n) is 7.37. The van der Waals surface area contributed by atoms with Gasteiger partial charge in [-0.1, -0.05) is 26.0 Å². The standard InChI is InChI=1S/C25H31FN2O/c1-4-28-22-8-5-18-20-7-6-19(16-13-17(26)15-27-14-16)24(20,2)11-9-21(18)25(22,3)12-10-23(28)29/h6,8,13-15,18,20-21H,4-5,7,9-12H2,1-3H3/t18-,20-,21-,24+,25+/m0/s1. The molecule has 1 amide bonds. The van der Waals surface area contributed by atoms with Gasteiger partial charge in [0.15, 0.2) is 0 Å². The number of aromatic nitrogens is 1. The first kappa shape index (κ1) is 19.0. The van der Waals surface area contributed by atoms with Crippen molar-refractivity contribution in [2.24, 2.45) is 28.6 Å². The lowest BCUT2D eigenvalue weighted by molar-refractivity contribution is -0.136. The van der Waals surface area contributed by atoms with E-state index in [1.807, 2.05) is 11.1 Å². The van der Waals surface area contributed by atoms with E-state index in [4.69, 9.17) is 0 Å². The molecule has 3 aliphatic carbocycles. The lowest BCUT2D eigenvalue weighted by atomic mass is 9.49. The largest absolute Gasteiger partial charge is 0.316 e. The lowest BCUT2D eigenvalue weighted by Gasteiger charge is -2.58. The number of halogens is 1. The van der Waals surface area contributed by atoms with E-state index in [0.717, 1.165) is 37.8 Å². The molecule has 1 aliphatic heterocycles. The minimum absolute atomic E-state index is 0.0905. The van der Waals surface area contributed by atoms with Gasteiger partial charge in [-0.05, 0) is 79.4 Å². The van der Waals surface area contributed by atoms with E-state index in [0.29, 0.717) is 30.1 Å². The molecule has 2 heterocycles. The lowest BCUT2D eigenvalue weighted by Crippen LogP contribution is -2.53. The second kappa shape index (κ2) is 6.52. The summed E-state index contributed by atoms with van der Waals surface area (Å²) in [6, 6.07) is 1.64. The number of rotatable bonds is 2. The third-order valence-electron chi connectivity index (χ3n) is 8.79. The molecule has 0 N–H and O–H groups in total. The van der Waals surface area contributed by atoms with Crippen LogP contribution in [0, 0.1) is 34.4 Å². The van der Waals surface area contributed by atoms with Gasteiger partial charge in [0.05, 0.1) is 6.20 Å². The Hall–Kier alpha value is -1.97. The Morgan fingerprint density at radius 2 is 1.97 bits per heavy atom. The number of hydrogen-bond donors (Lipinski definition) is 0. The molecule has 0 bridgehead atoms. The number of piperidine rings is 1. The number of fused-ring (bicyclic) bond motifs is 5. The van der Waals surface area contributed by atoms with Crippen molar-refractivity contribution in [3.63, 3.8) is 0 Å². The van der Waals surface area contributed by atoms with Crippen molar-refractivity contribution in [2.75, 3.05) is 6.54 Å². The number of pyridine rings is 1. The smallest absolute Gasteiger partial charge is 0.226 e. The first-order valence-corrected chi connectivity index (χ1v) is 11.2. The van der Waals surface area contributed by atoms with Gasteiger partial charge >= 0.3 is 0 Å². The third kappa shape index (κ3) is 2.60. The van der Waals surface area contributed by atoms with E-state index in [1.54, 1.807) is 6.07 Å². The molecule has 0 spiro atoms. The van der Waals surface area contributed by atoms with Crippen LogP contribution in [0.2, 0.25) is 0 Å². The minimum Gasteiger partial charge on any atom is -0.316 e. The molecule has 5 rings (SSSR count). The zero-order chi connectivity index (χ0) is 20.4. The Bertz CT molecular complexity index is 921.